The van der Waals surface area contributed by atoms with E-state index in [-0.39, 0.29) is 22.9 Å². The van der Waals surface area contributed by atoms with Crippen LogP contribution in [0.25, 0.3) is 0 Å². The van der Waals surface area contributed by atoms with Gasteiger partial charge >= 0.3 is 0 Å². The Hall–Kier alpha value is -2.94. The number of amidine groups is 1. The third-order valence-corrected chi connectivity index (χ3v) is 6.70. The number of pyridine rings is 1. The van der Waals surface area contributed by atoms with Gasteiger partial charge in [-0.1, -0.05) is 12.1 Å². The van der Waals surface area contributed by atoms with E-state index in [2.05, 4.69) is 14.7 Å². The number of carbonyl (C=O) groups excluding carboxylic acids is 1. The Balaban J connectivity index is 1.56. The van der Waals surface area contributed by atoms with E-state index in [0.29, 0.717) is 29.9 Å². The molecule has 2 N–H and O–H groups in total. The summed E-state index contributed by atoms with van der Waals surface area (Å²) in [5, 5.41) is 2.84. The van der Waals surface area contributed by atoms with Crippen molar-refractivity contribution < 1.29 is 13.2 Å². The van der Waals surface area contributed by atoms with E-state index in [0.717, 1.165) is 17.7 Å². The lowest BCUT2D eigenvalue weighted by atomic mass is 10.1. The van der Waals surface area contributed by atoms with E-state index in [1.165, 1.54) is 6.07 Å². The fraction of sp³-hybridized carbons (Fsp3) is 0.350. The minimum atomic E-state index is -3.74. The number of fused-ring (bicyclic) bond motifs is 1. The lowest BCUT2D eigenvalue weighted by molar-refractivity contribution is -0.124. The van der Waals surface area contributed by atoms with E-state index in [9.17, 15) is 18.0 Å². The number of nitrogens with one attached hydrogen (secondary N) is 2. The molecule has 0 unspecified atom stereocenters. The average molecular weight is 414 g/mol. The molecule has 2 aromatic rings. The zero-order valence-electron chi connectivity index (χ0n) is 16.2. The van der Waals surface area contributed by atoms with E-state index in [4.69, 9.17) is 0 Å². The summed E-state index contributed by atoms with van der Waals surface area (Å²) in [6.45, 7) is 4.30. The van der Waals surface area contributed by atoms with Crippen molar-refractivity contribution in [1.29, 1.82) is 0 Å². The number of H-pyrrole nitrogens is 1. The van der Waals surface area contributed by atoms with Crippen LogP contribution in [0.5, 0.6) is 0 Å². The number of hydrogen-bond donors (Lipinski definition) is 2. The Kier molecular flexibility index (Phi) is 4.77. The van der Waals surface area contributed by atoms with Crippen molar-refractivity contribution in [3.63, 3.8) is 0 Å². The minimum Gasteiger partial charge on any atom is -0.350 e. The number of hydrogen-bond acceptors (Lipinski definition) is 5. The van der Waals surface area contributed by atoms with E-state index >= 15 is 0 Å². The van der Waals surface area contributed by atoms with Crippen LogP contribution in [0.1, 0.15) is 35.2 Å². The van der Waals surface area contributed by atoms with Crippen LogP contribution in [0.2, 0.25) is 0 Å². The van der Waals surface area contributed by atoms with Gasteiger partial charge in [-0.2, -0.15) is 8.42 Å². The zero-order chi connectivity index (χ0) is 20.8. The Labute approximate surface area is 168 Å². The summed E-state index contributed by atoms with van der Waals surface area (Å²) in [4.78, 5) is 29.7. The van der Waals surface area contributed by atoms with Crippen LogP contribution >= 0.6 is 0 Å². The first-order valence-corrected chi connectivity index (χ1v) is 10.9. The maximum Gasteiger partial charge on any atom is 0.285 e. The Morgan fingerprint density at radius 1 is 1.31 bits per heavy atom. The molecule has 1 aromatic carbocycles. The lowest BCUT2D eigenvalue weighted by Crippen LogP contribution is -2.46. The molecule has 0 radical (unpaired) electrons. The van der Waals surface area contributed by atoms with Gasteiger partial charge in [-0.3, -0.25) is 9.59 Å². The largest absolute Gasteiger partial charge is 0.350 e. The van der Waals surface area contributed by atoms with Crippen molar-refractivity contribution in [3.05, 3.63) is 63.1 Å². The number of carbonyl (C=O) groups is 1. The zero-order valence-corrected chi connectivity index (χ0v) is 17.0. The molecule has 1 amide bonds. The molecule has 2 aliphatic heterocycles. The second-order valence-electron chi connectivity index (χ2n) is 7.40. The minimum absolute atomic E-state index is 0.117. The highest BCUT2D eigenvalue weighted by atomic mass is 32.2. The topological polar surface area (TPSA) is 112 Å². The molecule has 3 heterocycles. The van der Waals surface area contributed by atoms with Crippen LogP contribution in [0.15, 0.2) is 44.4 Å². The van der Waals surface area contributed by atoms with Crippen molar-refractivity contribution in [2.75, 3.05) is 6.54 Å². The quantitative estimate of drug-likeness (QED) is 0.784. The van der Waals surface area contributed by atoms with Crippen LogP contribution in [-0.4, -0.2) is 42.6 Å². The van der Waals surface area contributed by atoms with Gasteiger partial charge in [-0.15, -0.1) is 4.40 Å². The van der Waals surface area contributed by atoms with Crippen molar-refractivity contribution in [3.8, 4) is 0 Å². The standard InChI is InChI=1S/C20H22N4O4S/c1-12-10-13(2)22-19(25)15(12)11-21-20(26)16-7-5-9-24(16)18-14-6-3-4-8-17(14)29(27,28)23-18/h3-4,6,8,10,16H,5,7,9,11H2,1-2H3,(H,21,26)(H,22,25)/t16-/m0/s1. The van der Waals surface area contributed by atoms with Gasteiger partial charge in [0.2, 0.25) is 5.91 Å². The van der Waals surface area contributed by atoms with Crippen LogP contribution in [0.4, 0.5) is 0 Å². The number of nitrogens with zero attached hydrogens (tertiary/aromatic N) is 2. The molecular weight excluding hydrogens is 392 g/mol. The highest BCUT2D eigenvalue weighted by molar-refractivity contribution is 7.90. The van der Waals surface area contributed by atoms with Gasteiger partial charge < -0.3 is 15.2 Å². The van der Waals surface area contributed by atoms with Crippen LogP contribution in [0, 0.1) is 13.8 Å². The number of sulfonamides is 1. The monoisotopic (exact) mass is 414 g/mol. The summed E-state index contributed by atoms with van der Waals surface area (Å²) < 4.78 is 28.7. The maximum absolute atomic E-state index is 12.9. The third kappa shape index (κ3) is 3.46. The molecule has 1 saturated heterocycles. The highest BCUT2D eigenvalue weighted by Crippen LogP contribution is 2.31. The summed E-state index contributed by atoms with van der Waals surface area (Å²) in [5.74, 6) is 0.0777. The summed E-state index contributed by atoms with van der Waals surface area (Å²) in [6.07, 6.45) is 1.35. The summed E-state index contributed by atoms with van der Waals surface area (Å²) in [6, 6.07) is 7.98. The van der Waals surface area contributed by atoms with Gasteiger partial charge in [0.15, 0.2) is 5.84 Å². The molecule has 1 fully saturated rings. The van der Waals surface area contributed by atoms with E-state index in [1.54, 1.807) is 30.0 Å². The molecule has 2 aliphatic rings. The molecule has 29 heavy (non-hydrogen) atoms. The summed E-state index contributed by atoms with van der Waals surface area (Å²) in [7, 11) is -3.74. The first-order chi connectivity index (χ1) is 13.8. The molecule has 0 saturated carbocycles. The lowest BCUT2D eigenvalue weighted by Gasteiger charge is -2.25. The van der Waals surface area contributed by atoms with Crippen molar-refractivity contribution in [2.45, 2.75) is 44.2 Å². The van der Waals surface area contributed by atoms with Gasteiger partial charge in [0.25, 0.3) is 15.6 Å². The van der Waals surface area contributed by atoms with Gasteiger partial charge in [0, 0.05) is 29.9 Å². The molecule has 0 bridgehead atoms. The smallest absolute Gasteiger partial charge is 0.285 e. The van der Waals surface area contributed by atoms with Gasteiger partial charge in [-0.25, -0.2) is 0 Å². The third-order valence-electron chi connectivity index (χ3n) is 5.37. The number of aromatic amines is 1. The summed E-state index contributed by atoms with van der Waals surface area (Å²) >= 11 is 0. The van der Waals surface area contributed by atoms with Gasteiger partial charge in [-0.05, 0) is 50.5 Å². The van der Waals surface area contributed by atoms with Gasteiger partial charge in [0.1, 0.15) is 10.9 Å². The maximum atomic E-state index is 12.9. The second-order valence-corrected chi connectivity index (χ2v) is 8.97. The number of aryl methyl sites for hydroxylation is 2. The van der Waals surface area contributed by atoms with Crippen LogP contribution in [0.3, 0.4) is 0 Å². The Bertz CT molecular complexity index is 1180. The van der Waals surface area contributed by atoms with Crippen LogP contribution in [-0.2, 0) is 21.4 Å². The Morgan fingerprint density at radius 3 is 2.83 bits per heavy atom. The van der Waals surface area contributed by atoms with Crippen LogP contribution < -0.4 is 10.9 Å². The number of rotatable bonds is 3. The summed E-state index contributed by atoms with van der Waals surface area (Å²) in [5.41, 5.74) is 2.41. The molecule has 1 aromatic heterocycles. The van der Waals surface area contributed by atoms with Crippen molar-refractivity contribution in [2.24, 2.45) is 4.40 Å². The molecule has 4 rings (SSSR count). The second kappa shape index (κ2) is 7.14. The molecule has 1 atom stereocenters. The first kappa shape index (κ1) is 19.4. The predicted molar refractivity (Wildman–Crippen MR) is 108 cm³/mol. The van der Waals surface area contributed by atoms with E-state index in [1.807, 2.05) is 13.0 Å². The molecule has 152 valence electrons. The fourth-order valence-electron chi connectivity index (χ4n) is 3.98. The van der Waals surface area contributed by atoms with Crippen molar-refractivity contribution >= 4 is 21.8 Å². The van der Waals surface area contributed by atoms with E-state index < -0.39 is 16.1 Å². The average Bonchev–Trinajstić information content (AvgIpc) is 3.24. The predicted octanol–water partition coefficient (Wildman–Crippen LogP) is 1.22. The molecular formula is C20H22N4O4S. The number of amides is 1. The molecule has 8 nitrogen and oxygen atoms in total. The normalized spacial score (nSPS) is 19.7. The van der Waals surface area contributed by atoms with Gasteiger partial charge in [0.05, 0.1) is 0 Å². The molecule has 0 aliphatic carbocycles. The molecule has 9 heteroatoms. The van der Waals surface area contributed by atoms with Crippen molar-refractivity contribution in [1.82, 2.24) is 15.2 Å². The highest BCUT2D eigenvalue weighted by Gasteiger charge is 2.39. The SMILES string of the molecule is Cc1cc(C)c(CNC(=O)[C@@H]2CCCN2C2=NS(=O)(=O)c3ccccc32)c(=O)[nH]1. The first-order valence-electron chi connectivity index (χ1n) is 9.46. The number of likely N-dealkylation sites (tertiary alicyclic amines) is 1. The molecule has 0 spiro atoms. The number of benzene rings is 1. The Morgan fingerprint density at radius 2 is 2.07 bits per heavy atom. The fourth-order valence-corrected chi connectivity index (χ4v) is 5.20. The number of aromatic nitrogens is 1.